The van der Waals surface area contributed by atoms with Crippen LogP contribution in [-0.4, -0.2) is 38.8 Å². The van der Waals surface area contributed by atoms with E-state index in [1.165, 1.54) is 32.3 Å². The van der Waals surface area contributed by atoms with Gasteiger partial charge in [-0.1, -0.05) is 0 Å². The average Bonchev–Trinajstić information content (AvgIpc) is 2.56. The number of hydrogen-bond acceptors (Lipinski definition) is 4. The number of carbonyl (C=O) groups excluding carboxylic acids is 2. The Kier molecular flexibility index (Phi) is 6.01. The highest BCUT2D eigenvalue weighted by Crippen LogP contribution is 2.25. The van der Waals surface area contributed by atoms with Crippen molar-refractivity contribution in [3.8, 4) is 0 Å². The largest absolute Gasteiger partial charge is 0.351 e. The molecule has 0 heterocycles. The number of amides is 3. The van der Waals surface area contributed by atoms with Gasteiger partial charge in [0.25, 0.3) is 5.91 Å². The second-order valence-electron chi connectivity index (χ2n) is 5.45. The molecule has 0 radical (unpaired) electrons. The number of hydrogen-bond donors (Lipinski definition) is 3. The van der Waals surface area contributed by atoms with Gasteiger partial charge in [0.15, 0.2) is 0 Å². The Balaban J connectivity index is 2.24. The molecule has 4 N–H and O–H groups in total. The zero-order valence-corrected chi connectivity index (χ0v) is 16.4. The van der Waals surface area contributed by atoms with Gasteiger partial charge in [-0.05, 0) is 58.4 Å². The molecule has 0 aliphatic heterocycles. The predicted molar refractivity (Wildman–Crippen MR) is 103 cm³/mol. The molecule has 8 nitrogen and oxygen atoms in total. The molecule has 0 aliphatic carbocycles. The molecule has 0 aromatic heterocycles. The smallest absolute Gasteiger partial charge is 0.316 e. The molecule has 2 aromatic rings. The number of nitrogens with zero attached hydrogens (tertiary/aromatic N) is 1. The number of benzene rings is 2. The molecule has 2 rings (SSSR count). The number of anilines is 2. The minimum Gasteiger partial charge on any atom is -0.351 e. The molecule has 0 saturated heterocycles. The zero-order valence-electron chi connectivity index (χ0n) is 14.0. The Morgan fingerprint density at radius 1 is 1.00 bits per heavy atom. The van der Waals surface area contributed by atoms with E-state index in [0.29, 0.717) is 15.8 Å². The van der Waals surface area contributed by atoms with Crippen molar-refractivity contribution in [3.63, 3.8) is 0 Å². The first-order valence-corrected chi connectivity index (χ1v) is 9.54. The Morgan fingerprint density at radius 2 is 1.54 bits per heavy atom. The van der Waals surface area contributed by atoms with Crippen molar-refractivity contribution in [1.29, 1.82) is 0 Å². The Labute approximate surface area is 159 Å². The summed E-state index contributed by atoms with van der Waals surface area (Å²) in [7, 11) is -0.873. The lowest BCUT2D eigenvalue weighted by Gasteiger charge is -2.14. The normalized spacial score (nSPS) is 11.2. The molecule has 26 heavy (non-hydrogen) atoms. The zero-order chi connectivity index (χ0) is 19.5. The minimum absolute atomic E-state index is 0.00356. The first kappa shape index (κ1) is 19.9. The number of urea groups is 1. The van der Waals surface area contributed by atoms with Gasteiger partial charge >= 0.3 is 6.03 Å². The summed E-state index contributed by atoms with van der Waals surface area (Å²) in [5, 5.41) is 5.07. The molecule has 0 unspecified atom stereocenters. The number of nitrogens with two attached hydrogens (primary N) is 1. The highest BCUT2D eigenvalue weighted by atomic mass is 79.9. The number of sulfonamides is 1. The maximum atomic E-state index is 12.4. The van der Waals surface area contributed by atoms with Crippen LogP contribution in [0, 0.1) is 0 Å². The molecular weight excluding hydrogens is 424 g/mol. The molecule has 3 amide bonds. The van der Waals surface area contributed by atoms with Crippen molar-refractivity contribution in [1.82, 2.24) is 4.31 Å². The van der Waals surface area contributed by atoms with E-state index in [1.54, 1.807) is 24.3 Å². The third-order valence-electron chi connectivity index (χ3n) is 3.36. The number of primary amides is 1. The van der Waals surface area contributed by atoms with Crippen LogP contribution in [0.2, 0.25) is 0 Å². The van der Waals surface area contributed by atoms with Crippen molar-refractivity contribution in [2.45, 2.75) is 4.90 Å². The van der Waals surface area contributed by atoms with Gasteiger partial charge in [-0.2, -0.15) is 0 Å². The van der Waals surface area contributed by atoms with Crippen LogP contribution in [-0.2, 0) is 10.0 Å². The fourth-order valence-electron chi connectivity index (χ4n) is 2.02. The third kappa shape index (κ3) is 4.59. The molecule has 0 spiro atoms. The molecule has 138 valence electrons. The summed E-state index contributed by atoms with van der Waals surface area (Å²) in [5.74, 6) is -0.469. The maximum Gasteiger partial charge on any atom is 0.316 e. The maximum absolute atomic E-state index is 12.4. The van der Waals surface area contributed by atoms with E-state index in [9.17, 15) is 18.0 Å². The van der Waals surface area contributed by atoms with E-state index in [-0.39, 0.29) is 10.5 Å². The monoisotopic (exact) mass is 440 g/mol. The van der Waals surface area contributed by atoms with Crippen molar-refractivity contribution >= 4 is 49.3 Å². The Morgan fingerprint density at radius 3 is 2.04 bits per heavy atom. The summed E-state index contributed by atoms with van der Waals surface area (Å²) in [5.41, 5.74) is 6.18. The van der Waals surface area contributed by atoms with E-state index in [4.69, 9.17) is 5.73 Å². The number of nitrogens with one attached hydrogen (secondary N) is 2. The molecule has 0 aliphatic rings. The number of carbonyl (C=O) groups is 2. The van der Waals surface area contributed by atoms with E-state index in [0.717, 1.165) is 4.31 Å². The Bertz CT molecular complexity index is 943. The first-order chi connectivity index (χ1) is 12.1. The van der Waals surface area contributed by atoms with Gasteiger partial charge in [-0.25, -0.2) is 17.5 Å². The van der Waals surface area contributed by atoms with Crippen LogP contribution in [0.4, 0.5) is 16.2 Å². The minimum atomic E-state index is -3.70. The SMILES string of the molecule is CN(C)S(=O)(=O)c1cc(C(=O)Nc2ccc(NC(N)=O)cc2)ccc1Br. The number of rotatable bonds is 5. The van der Waals surface area contributed by atoms with Gasteiger partial charge in [0.1, 0.15) is 0 Å². The topological polar surface area (TPSA) is 122 Å². The summed E-state index contributed by atoms with van der Waals surface area (Å²) in [6.45, 7) is 0. The molecule has 2 aromatic carbocycles. The first-order valence-electron chi connectivity index (χ1n) is 7.31. The van der Waals surface area contributed by atoms with Crippen LogP contribution >= 0.6 is 15.9 Å². The summed E-state index contributed by atoms with van der Waals surface area (Å²) in [6.07, 6.45) is 0. The fourth-order valence-corrected chi connectivity index (χ4v) is 3.87. The van der Waals surface area contributed by atoms with Crippen LogP contribution in [0.1, 0.15) is 10.4 Å². The fraction of sp³-hybridized carbons (Fsp3) is 0.125. The van der Waals surface area contributed by atoms with Crippen LogP contribution in [0.5, 0.6) is 0 Å². The third-order valence-corrected chi connectivity index (χ3v) is 6.17. The van der Waals surface area contributed by atoms with Crippen molar-refractivity contribution in [2.75, 3.05) is 24.7 Å². The van der Waals surface area contributed by atoms with Gasteiger partial charge in [0, 0.05) is 35.5 Å². The van der Waals surface area contributed by atoms with Gasteiger partial charge in [0.2, 0.25) is 10.0 Å². The van der Waals surface area contributed by atoms with E-state index < -0.39 is 22.0 Å². The van der Waals surface area contributed by atoms with Crippen LogP contribution in [0.3, 0.4) is 0 Å². The van der Waals surface area contributed by atoms with Crippen LogP contribution < -0.4 is 16.4 Å². The van der Waals surface area contributed by atoms with Gasteiger partial charge in [-0.15, -0.1) is 0 Å². The Hall–Kier alpha value is -2.43. The summed E-state index contributed by atoms with van der Waals surface area (Å²) in [6, 6.07) is 9.94. The molecule has 0 saturated carbocycles. The van der Waals surface area contributed by atoms with Crippen LogP contribution in [0.25, 0.3) is 0 Å². The number of halogens is 1. The molecule has 0 bridgehead atoms. The summed E-state index contributed by atoms with van der Waals surface area (Å²) < 4.78 is 26.1. The summed E-state index contributed by atoms with van der Waals surface area (Å²) >= 11 is 3.20. The van der Waals surface area contributed by atoms with Crippen molar-refractivity contribution in [2.24, 2.45) is 5.73 Å². The van der Waals surface area contributed by atoms with Crippen molar-refractivity contribution in [3.05, 3.63) is 52.5 Å². The summed E-state index contributed by atoms with van der Waals surface area (Å²) in [4.78, 5) is 23.2. The lowest BCUT2D eigenvalue weighted by Crippen LogP contribution is -2.23. The lowest BCUT2D eigenvalue weighted by atomic mass is 10.2. The average molecular weight is 441 g/mol. The highest BCUT2D eigenvalue weighted by molar-refractivity contribution is 9.10. The van der Waals surface area contributed by atoms with Gasteiger partial charge in [-0.3, -0.25) is 4.79 Å². The molecule has 0 fully saturated rings. The predicted octanol–water partition coefficient (Wildman–Crippen LogP) is 2.44. The van der Waals surface area contributed by atoms with Gasteiger partial charge in [0.05, 0.1) is 4.90 Å². The van der Waals surface area contributed by atoms with Crippen molar-refractivity contribution < 1.29 is 18.0 Å². The van der Waals surface area contributed by atoms with E-state index >= 15 is 0 Å². The second-order valence-corrected chi connectivity index (χ2v) is 8.43. The van der Waals surface area contributed by atoms with Crippen LogP contribution in [0.15, 0.2) is 51.8 Å². The molecular formula is C16H17BrN4O4S. The second kappa shape index (κ2) is 7.85. The van der Waals surface area contributed by atoms with Gasteiger partial charge < -0.3 is 16.4 Å². The highest BCUT2D eigenvalue weighted by Gasteiger charge is 2.22. The van der Waals surface area contributed by atoms with E-state index in [2.05, 4.69) is 26.6 Å². The van der Waals surface area contributed by atoms with E-state index in [1.807, 2.05) is 0 Å². The quantitative estimate of drug-likeness (QED) is 0.660. The lowest BCUT2D eigenvalue weighted by molar-refractivity contribution is 0.102. The molecule has 10 heteroatoms. The standard InChI is InChI=1S/C16H17BrN4O4S/c1-21(2)26(24,25)14-9-10(3-8-13(14)17)15(22)19-11-4-6-12(7-5-11)20-16(18)23/h3-9H,1-2H3,(H,19,22)(H3,18,20,23). The molecule has 0 atom stereocenters.